The number of carbonyl (C=O) groups is 7. The first-order chi connectivity index (χ1) is 42.8. The number of allylic oxidation sites excluding steroid dienone is 6. The number of aryl methyl sites for hydroxylation is 2. The maximum atomic E-state index is 14.5. The maximum absolute atomic E-state index is 14.5. The number of methoxy groups -OCH3 is 1. The number of hydrogen-bond donors (Lipinski definition) is 10. The van der Waals surface area contributed by atoms with Crippen LogP contribution in [0.5, 0.6) is 0 Å². The van der Waals surface area contributed by atoms with Gasteiger partial charge in [0.2, 0.25) is 41.4 Å². The highest BCUT2D eigenvalue weighted by Gasteiger charge is 2.66. The minimum Gasteiger partial charge on any atom is -0.386 e. The predicted molar refractivity (Wildman–Crippen MR) is 343 cm³/mol. The van der Waals surface area contributed by atoms with Crippen molar-refractivity contribution in [2.24, 2.45) is 94.7 Å². The Morgan fingerprint density at radius 3 is 2.00 bits per heavy atom. The number of aliphatic imine (C=N–C) groups is 3. The summed E-state index contributed by atoms with van der Waals surface area (Å²) in [5.41, 5.74) is 38.1. The minimum absolute atomic E-state index is 0.0202. The predicted octanol–water partition coefficient (Wildman–Crippen LogP) is 4.21. The molecule has 0 spiro atoms. The van der Waals surface area contributed by atoms with Crippen molar-refractivity contribution in [2.45, 2.75) is 195 Å². The van der Waals surface area contributed by atoms with Crippen LogP contribution in [-0.2, 0) is 56.6 Å². The highest BCUT2D eigenvalue weighted by molar-refractivity contribution is 7.47. The molecule has 7 amide bonds. The summed E-state index contributed by atoms with van der Waals surface area (Å²) in [5.74, 6) is -6.77. The van der Waals surface area contributed by atoms with E-state index in [4.69, 9.17) is 67.9 Å². The molecule has 28 heteroatoms. The van der Waals surface area contributed by atoms with Crippen molar-refractivity contribution in [2.75, 3.05) is 20.3 Å². The number of nitrogens with one attached hydrogen (secondary N) is 2. The molecule has 0 saturated carbocycles. The molecule has 16 N–H and O–H groups in total. The van der Waals surface area contributed by atoms with E-state index in [1.54, 1.807) is 4.57 Å². The van der Waals surface area contributed by atoms with Gasteiger partial charge in [-0.2, -0.15) is 0 Å². The molecule has 15 unspecified atom stereocenters. The number of phosphoric acid groups is 1. The van der Waals surface area contributed by atoms with Gasteiger partial charge in [-0.05, 0) is 114 Å². The molecule has 27 nitrogen and oxygen atoms in total. The summed E-state index contributed by atoms with van der Waals surface area (Å²) in [4.78, 5) is 126. The van der Waals surface area contributed by atoms with Gasteiger partial charge in [0.25, 0.3) is 0 Å². The van der Waals surface area contributed by atoms with Gasteiger partial charge in [0.05, 0.1) is 41.7 Å². The number of aromatic nitrogens is 2. The highest BCUT2D eigenvalue weighted by Crippen LogP contribution is 2.63. The normalized spacial score (nSPS) is 31.6. The van der Waals surface area contributed by atoms with Crippen molar-refractivity contribution < 1.29 is 66.6 Å². The summed E-state index contributed by atoms with van der Waals surface area (Å²) in [5, 5.41) is 18.2. The van der Waals surface area contributed by atoms with Crippen LogP contribution in [0.2, 0.25) is 0 Å². The Bertz CT molecular complexity index is 3570. The average Bonchev–Trinajstić information content (AvgIpc) is 1.53. The van der Waals surface area contributed by atoms with E-state index in [0.717, 1.165) is 11.1 Å². The lowest BCUT2D eigenvalue weighted by atomic mass is 9.55. The minimum atomic E-state index is -5.02. The third kappa shape index (κ3) is 13.7. The van der Waals surface area contributed by atoms with Crippen molar-refractivity contribution in [3.8, 4) is 0 Å². The van der Waals surface area contributed by atoms with Crippen LogP contribution in [0.15, 0.2) is 67.8 Å². The topological polar surface area (TPSA) is 449 Å². The summed E-state index contributed by atoms with van der Waals surface area (Å²) in [7, 11) is -3.61. The van der Waals surface area contributed by atoms with Crippen LogP contribution < -0.4 is 45.0 Å². The number of benzene rings is 1. The highest BCUT2D eigenvalue weighted by atomic mass is 31.2. The lowest BCUT2D eigenvalue weighted by molar-refractivity contribution is -0.122. The molecule has 0 aliphatic carbocycles. The number of amides is 7. The van der Waals surface area contributed by atoms with Crippen molar-refractivity contribution >= 4 is 77.3 Å². The summed E-state index contributed by atoms with van der Waals surface area (Å²) in [6.45, 7) is 20.3. The smallest absolute Gasteiger partial charge is 0.386 e. The number of primary amides is 6. The van der Waals surface area contributed by atoms with Crippen LogP contribution >= 0.6 is 7.82 Å². The Balaban J connectivity index is 1.20. The number of phosphoric ester groups is 1. The number of ether oxygens (including phenoxy) is 2. The van der Waals surface area contributed by atoms with Gasteiger partial charge in [0.15, 0.2) is 6.23 Å². The number of aliphatic hydroxyl groups excluding tert-OH is 1. The zero-order valence-corrected chi connectivity index (χ0v) is 55.8. The van der Waals surface area contributed by atoms with Crippen LogP contribution in [0.4, 0.5) is 0 Å². The lowest BCUT2D eigenvalue weighted by Crippen LogP contribution is -2.55. The molecule has 1 aromatic heterocycles. The van der Waals surface area contributed by atoms with E-state index < -0.39 is 137 Å². The number of nitrogens with two attached hydrogens (primary N) is 6. The number of hydrogen-bond acceptors (Lipinski definition) is 18. The van der Waals surface area contributed by atoms with Gasteiger partial charge in [0, 0.05) is 138 Å². The second kappa shape index (κ2) is 26.8. The molecule has 1 aromatic carbocycles. The van der Waals surface area contributed by atoms with Crippen LogP contribution in [0.3, 0.4) is 0 Å². The second-order valence-corrected chi connectivity index (χ2v) is 29.0. The third-order valence-corrected chi connectivity index (χ3v) is 22.2. The Labute approximate surface area is 536 Å². The van der Waals surface area contributed by atoms with Gasteiger partial charge in [-0.25, -0.2) is 9.55 Å². The van der Waals surface area contributed by atoms with Crippen LogP contribution in [0.1, 0.15) is 157 Å². The van der Waals surface area contributed by atoms with Crippen molar-refractivity contribution in [1.82, 2.24) is 20.2 Å². The van der Waals surface area contributed by atoms with Gasteiger partial charge in [0.1, 0.15) is 18.3 Å². The molecular weight excluding hydrogens is 1210 g/mol. The number of imidazole rings is 1. The maximum Gasteiger partial charge on any atom is 0.472 e. The summed E-state index contributed by atoms with van der Waals surface area (Å²) in [6.07, 6.45) is -3.05. The van der Waals surface area contributed by atoms with E-state index in [2.05, 4.69) is 15.6 Å². The summed E-state index contributed by atoms with van der Waals surface area (Å²) >= 11 is 0. The number of aliphatic hydroxyl groups is 1. The van der Waals surface area contributed by atoms with Crippen molar-refractivity contribution in [3.63, 3.8) is 0 Å². The fourth-order valence-corrected chi connectivity index (χ4v) is 16.9. The molecule has 6 aliphatic heterocycles. The molecule has 2 aromatic rings. The van der Waals surface area contributed by atoms with E-state index in [0.29, 0.717) is 56.4 Å². The number of fused-ring (bicyclic) bond motifs is 7. The molecule has 8 rings (SSSR count). The van der Waals surface area contributed by atoms with Crippen LogP contribution in [0, 0.1) is 59.2 Å². The standard InChI is InChI=1S/C64H94N13O14P/c1-31-23-41-42(24-32(31)2)77(30-72-41)59-54(85)55(43(89-59)29-88-12)91-92(86,87)90-33(3)28-71-51(84)20-21-61(8)39(25-49(69)82)58-64(11)63(10,22-19-48(68)81)38(15-18-47(67)80)53(76-64)35(5)57-62(9,27-50(70)83)36(13-16-45(65)78)40(73-57)26-44-60(6,7)37(14-17-46(66)79)52(74-44)34(4)56(61)75-58/h23-24,26,30,33,36-39,43,54-55,58-59,73,85H,13-22,25,27-29H2,1-12H3,(H2,65,78)(H2,66,79)(H2,67,80)(H2,68,81)(H2,69,82)(H2,70,83)(H,71,84)(H,86,87). The Morgan fingerprint density at radius 1 is 0.793 bits per heavy atom. The van der Waals surface area contributed by atoms with E-state index >= 15 is 0 Å². The van der Waals surface area contributed by atoms with Gasteiger partial charge in [-0.3, -0.25) is 57.6 Å². The molecule has 15 atom stereocenters. The number of carbonyl (C=O) groups excluding carboxylic acids is 7. The monoisotopic (exact) mass is 1300 g/mol. The summed E-state index contributed by atoms with van der Waals surface area (Å²) in [6, 6.07) is 2.84. The SMILES string of the molecule is COCC1OC(n2cnc3cc(C)c(C)cc32)C(O)C1OP(=O)(O)OC(C)CNC(=O)CCC1(C)C2=NC(C1CC(N)=O)C1(C)N=C(C(C)=C3NC(=CC4=NC(=C2C)C(CCC(N)=O)C4(C)C)C(CCC(N)=O)C3(C)CC(N)=O)C(CCC(N)=O)C1(C)CCC(N)=O. The Kier molecular flexibility index (Phi) is 20.6. The van der Waals surface area contributed by atoms with E-state index in [9.17, 15) is 48.1 Å². The molecule has 7 heterocycles. The Hall–Kier alpha value is -7.00. The third-order valence-electron chi connectivity index (χ3n) is 21.1. The molecular formula is C64H94N13O14P. The molecule has 6 aliphatic rings. The first kappa shape index (κ1) is 70.9. The Morgan fingerprint density at radius 2 is 1.40 bits per heavy atom. The fraction of sp³-hybridized carbons (Fsp3) is 0.641. The zero-order valence-electron chi connectivity index (χ0n) is 54.9. The van der Waals surface area contributed by atoms with Crippen LogP contribution in [0.25, 0.3) is 11.0 Å². The molecule has 0 radical (unpaired) electrons. The van der Waals surface area contributed by atoms with Crippen LogP contribution in [-0.4, -0.2) is 134 Å². The largest absolute Gasteiger partial charge is 0.472 e. The molecule has 2 fully saturated rings. The number of rotatable bonds is 28. The lowest BCUT2D eigenvalue weighted by Gasteiger charge is -2.48. The van der Waals surface area contributed by atoms with Gasteiger partial charge in [-0.15, -0.1) is 0 Å². The van der Waals surface area contributed by atoms with Gasteiger partial charge >= 0.3 is 7.82 Å². The van der Waals surface area contributed by atoms with E-state index in [-0.39, 0.29) is 90.2 Å². The zero-order chi connectivity index (χ0) is 68.1. The van der Waals surface area contributed by atoms with Crippen molar-refractivity contribution in [3.05, 3.63) is 63.9 Å². The first-order valence-electron chi connectivity index (χ1n) is 31.4. The van der Waals surface area contributed by atoms with Gasteiger partial charge < -0.3 is 69.1 Å². The van der Waals surface area contributed by atoms with E-state index in [1.165, 1.54) is 20.4 Å². The van der Waals surface area contributed by atoms with Gasteiger partial charge in [-0.1, -0.05) is 34.6 Å². The average molecular weight is 1300 g/mol. The molecule has 2 saturated heterocycles. The van der Waals surface area contributed by atoms with Crippen molar-refractivity contribution in [1.29, 1.82) is 0 Å². The molecule has 92 heavy (non-hydrogen) atoms. The molecule has 504 valence electrons. The fourth-order valence-electron chi connectivity index (χ4n) is 15.7. The van der Waals surface area contributed by atoms with E-state index in [1.807, 2.05) is 87.4 Å². The number of nitrogens with zero attached hydrogens (tertiary/aromatic N) is 5. The second-order valence-electron chi connectivity index (χ2n) is 27.7. The first-order valence-corrected chi connectivity index (χ1v) is 32.9. The molecule has 8 bridgehead atoms. The summed E-state index contributed by atoms with van der Waals surface area (Å²) < 4.78 is 38.3. The quantitative estimate of drug-likeness (QED) is 0.0534.